The number of carbonyl (C=O) groups is 1. The first-order valence-corrected chi connectivity index (χ1v) is 5.01. The second kappa shape index (κ2) is 2.98. The Bertz CT molecular complexity index is 221. The van der Waals surface area contributed by atoms with E-state index < -0.39 is 0 Å². The van der Waals surface area contributed by atoms with E-state index in [1.54, 1.807) is 0 Å². The Morgan fingerprint density at radius 2 is 2.08 bits per heavy atom. The highest BCUT2D eigenvalue weighted by Gasteiger charge is 2.65. The molecule has 3 nitrogen and oxygen atoms in total. The molecular formula is C10H17NO2. The summed E-state index contributed by atoms with van der Waals surface area (Å²) < 4.78 is 4.81. The Morgan fingerprint density at radius 1 is 1.46 bits per heavy atom. The van der Waals surface area contributed by atoms with Crippen LogP contribution in [0.5, 0.6) is 0 Å². The second-order valence-electron chi connectivity index (χ2n) is 4.27. The van der Waals surface area contributed by atoms with Crippen LogP contribution >= 0.6 is 0 Å². The number of hydrogen-bond donors (Lipinski definition) is 1. The van der Waals surface area contributed by atoms with Gasteiger partial charge in [-0.05, 0) is 37.3 Å². The van der Waals surface area contributed by atoms with Gasteiger partial charge in [0.25, 0.3) is 0 Å². The van der Waals surface area contributed by atoms with Crippen LogP contribution in [0.15, 0.2) is 0 Å². The maximum atomic E-state index is 11.4. The van der Waals surface area contributed by atoms with Gasteiger partial charge in [0.05, 0.1) is 13.0 Å². The molecule has 3 heteroatoms. The molecular weight excluding hydrogens is 166 g/mol. The quantitative estimate of drug-likeness (QED) is 0.611. The minimum atomic E-state index is -0.00519. The molecule has 2 fully saturated rings. The van der Waals surface area contributed by atoms with Gasteiger partial charge in [-0.1, -0.05) is 6.92 Å². The van der Waals surface area contributed by atoms with Crippen LogP contribution in [-0.4, -0.2) is 26.2 Å². The molecule has 1 N–H and O–H groups in total. The molecule has 0 radical (unpaired) electrons. The van der Waals surface area contributed by atoms with Crippen LogP contribution in [0.25, 0.3) is 0 Å². The lowest BCUT2D eigenvalue weighted by atomic mass is 9.90. The maximum absolute atomic E-state index is 11.4. The molecule has 0 amide bonds. The second-order valence-corrected chi connectivity index (χ2v) is 4.27. The molecule has 0 bridgehead atoms. The minimum absolute atomic E-state index is 0.00519. The number of methoxy groups -OCH3 is 1. The Kier molecular flexibility index (Phi) is 2.06. The summed E-state index contributed by atoms with van der Waals surface area (Å²) in [4.78, 5) is 11.4. The summed E-state index contributed by atoms with van der Waals surface area (Å²) in [5, 5.41) is 3.33. The van der Waals surface area contributed by atoms with E-state index in [1.807, 2.05) is 0 Å². The average Bonchev–Trinajstić information content (AvgIpc) is 2.71. The van der Waals surface area contributed by atoms with Gasteiger partial charge in [0.15, 0.2) is 0 Å². The van der Waals surface area contributed by atoms with Gasteiger partial charge in [-0.15, -0.1) is 0 Å². The van der Waals surface area contributed by atoms with E-state index in [1.165, 1.54) is 7.11 Å². The molecule has 0 aromatic carbocycles. The zero-order chi connectivity index (χ0) is 9.47. The van der Waals surface area contributed by atoms with Crippen LogP contribution in [-0.2, 0) is 9.53 Å². The number of ether oxygens (including phenoxy) is 1. The van der Waals surface area contributed by atoms with Crippen molar-refractivity contribution in [1.29, 1.82) is 0 Å². The highest BCUT2D eigenvalue weighted by atomic mass is 16.5. The lowest BCUT2D eigenvalue weighted by Crippen LogP contribution is -2.31. The summed E-state index contributed by atoms with van der Waals surface area (Å²) in [6.07, 6.45) is 2.27. The highest BCUT2D eigenvalue weighted by molar-refractivity contribution is 5.77. The van der Waals surface area contributed by atoms with E-state index in [2.05, 4.69) is 12.2 Å². The summed E-state index contributed by atoms with van der Waals surface area (Å²) in [5.74, 6) is 0.705. The molecule has 1 spiro atoms. The molecule has 0 aromatic heterocycles. The molecule has 2 unspecified atom stereocenters. The first-order chi connectivity index (χ1) is 6.22. The molecule has 1 saturated heterocycles. The predicted octanol–water partition coefficient (Wildman–Crippen LogP) is 0.795. The van der Waals surface area contributed by atoms with E-state index in [0.717, 1.165) is 25.9 Å². The van der Waals surface area contributed by atoms with Gasteiger partial charge >= 0.3 is 5.97 Å². The van der Waals surface area contributed by atoms with Crippen molar-refractivity contribution in [3.63, 3.8) is 0 Å². The topological polar surface area (TPSA) is 38.3 Å². The van der Waals surface area contributed by atoms with E-state index in [9.17, 15) is 4.79 Å². The summed E-state index contributed by atoms with van der Waals surface area (Å²) in [7, 11) is 1.49. The average molecular weight is 183 g/mol. The molecule has 1 aliphatic carbocycles. The van der Waals surface area contributed by atoms with Crippen LogP contribution in [0.3, 0.4) is 0 Å². The SMILES string of the molecule is COC(=O)C1C(C)C12CCNCC2. The Morgan fingerprint density at radius 3 is 2.62 bits per heavy atom. The van der Waals surface area contributed by atoms with Crippen LogP contribution < -0.4 is 5.32 Å². The van der Waals surface area contributed by atoms with Crippen molar-refractivity contribution >= 4 is 5.97 Å². The Hall–Kier alpha value is -0.570. The number of hydrogen-bond acceptors (Lipinski definition) is 3. The van der Waals surface area contributed by atoms with Crippen LogP contribution in [0.2, 0.25) is 0 Å². The third kappa shape index (κ3) is 1.17. The Balaban J connectivity index is 2.05. The van der Waals surface area contributed by atoms with Gasteiger partial charge in [0, 0.05) is 0 Å². The van der Waals surface area contributed by atoms with E-state index in [0.29, 0.717) is 11.3 Å². The summed E-state index contributed by atoms with van der Waals surface area (Å²) in [6.45, 7) is 4.28. The fourth-order valence-corrected chi connectivity index (χ4v) is 2.92. The first kappa shape index (κ1) is 9.00. The number of piperidine rings is 1. The summed E-state index contributed by atoms with van der Waals surface area (Å²) in [6, 6.07) is 0. The molecule has 2 rings (SSSR count). The predicted molar refractivity (Wildman–Crippen MR) is 49.2 cm³/mol. The fraction of sp³-hybridized carbons (Fsp3) is 0.900. The molecule has 13 heavy (non-hydrogen) atoms. The Labute approximate surface area is 78.8 Å². The fourth-order valence-electron chi connectivity index (χ4n) is 2.92. The molecule has 2 atom stereocenters. The van der Waals surface area contributed by atoms with Crippen molar-refractivity contribution in [3.05, 3.63) is 0 Å². The summed E-state index contributed by atoms with van der Waals surface area (Å²) >= 11 is 0. The monoisotopic (exact) mass is 183 g/mol. The van der Waals surface area contributed by atoms with Gasteiger partial charge < -0.3 is 10.1 Å². The van der Waals surface area contributed by atoms with Gasteiger partial charge in [-0.25, -0.2) is 0 Å². The van der Waals surface area contributed by atoms with Crippen molar-refractivity contribution in [3.8, 4) is 0 Å². The molecule has 1 aliphatic heterocycles. The number of nitrogens with one attached hydrogen (secondary N) is 1. The molecule has 1 heterocycles. The van der Waals surface area contributed by atoms with Crippen molar-refractivity contribution in [2.45, 2.75) is 19.8 Å². The highest BCUT2D eigenvalue weighted by Crippen LogP contribution is 2.64. The van der Waals surface area contributed by atoms with Gasteiger partial charge in [-0.3, -0.25) is 4.79 Å². The van der Waals surface area contributed by atoms with Gasteiger partial charge in [0.1, 0.15) is 0 Å². The largest absolute Gasteiger partial charge is 0.469 e. The van der Waals surface area contributed by atoms with Gasteiger partial charge in [-0.2, -0.15) is 0 Å². The van der Waals surface area contributed by atoms with Crippen LogP contribution in [0.4, 0.5) is 0 Å². The first-order valence-electron chi connectivity index (χ1n) is 5.01. The van der Waals surface area contributed by atoms with Gasteiger partial charge in [0.2, 0.25) is 0 Å². The van der Waals surface area contributed by atoms with Crippen LogP contribution in [0, 0.1) is 17.3 Å². The third-order valence-corrected chi connectivity index (χ3v) is 3.91. The number of carbonyl (C=O) groups excluding carboxylic acids is 1. The third-order valence-electron chi connectivity index (χ3n) is 3.91. The maximum Gasteiger partial charge on any atom is 0.309 e. The lowest BCUT2D eigenvalue weighted by molar-refractivity contribution is -0.143. The molecule has 0 aromatic rings. The van der Waals surface area contributed by atoms with E-state index in [4.69, 9.17) is 4.74 Å². The standard InChI is InChI=1S/C10H17NO2/c1-7-8(9(12)13-2)10(7)3-5-11-6-4-10/h7-8,11H,3-6H2,1-2H3. The van der Waals surface area contributed by atoms with E-state index >= 15 is 0 Å². The lowest BCUT2D eigenvalue weighted by Gasteiger charge is -2.23. The van der Waals surface area contributed by atoms with Crippen LogP contribution in [0.1, 0.15) is 19.8 Å². The van der Waals surface area contributed by atoms with Crippen molar-refractivity contribution < 1.29 is 9.53 Å². The van der Waals surface area contributed by atoms with Crippen molar-refractivity contribution in [1.82, 2.24) is 5.32 Å². The van der Waals surface area contributed by atoms with Crippen molar-refractivity contribution in [2.75, 3.05) is 20.2 Å². The summed E-state index contributed by atoms with van der Waals surface area (Å²) in [5.41, 5.74) is 0.290. The zero-order valence-corrected chi connectivity index (χ0v) is 8.30. The number of esters is 1. The molecule has 2 aliphatic rings. The minimum Gasteiger partial charge on any atom is -0.469 e. The number of rotatable bonds is 1. The smallest absolute Gasteiger partial charge is 0.309 e. The van der Waals surface area contributed by atoms with E-state index in [-0.39, 0.29) is 11.9 Å². The zero-order valence-electron chi connectivity index (χ0n) is 8.30. The van der Waals surface area contributed by atoms with Crippen molar-refractivity contribution in [2.24, 2.45) is 17.3 Å². The normalized spacial score (nSPS) is 35.8. The molecule has 74 valence electrons. The molecule has 1 saturated carbocycles.